The van der Waals surface area contributed by atoms with Crippen LogP contribution in [0.15, 0.2) is 42.6 Å². The Hall–Kier alpha value is -3.96. The molecule has 1 unspecified atom stereocenters. The van der Waals surface area contributed by atoms with Crippen molar-refractivity contribution in [2.45, 2.75) is 45.8 Å². The summed E-state index contributed by atoms with van der Waals surface area (Å²) in [6.45, 7) is 7.66. The lowest BCUT2D eigenvalue weighted by Crippen LogP contribution is -2.49. The summed E-state index contributed by atoms with van der Waals surface area (Å²) in [5, 5.41) is 6.79. The molecule has 216 valence electrons. The first-order chi connectivity index (χ1) is 19.6. The molecule has 11 heteroatoms. The summed E-state index contributed by atoms with van der Waals surface area (Å²) in [6.07, 6.45) is 6.72. The highest BCUT2D eigenvalue weighted by Crippen LogP contribution is 2.46. The Kier molecular flexibility index (Phi) is 8.27. The number of pyridine rings is 1. The third kappa shape index (κ3) is 6.06. The van der Waals surface area contributed by atoms with Crippen LogP contribution in [0.3, 0.4) is 0 Å². The Balaban J connectivity index is 1.38. The number of aryl methyl sites for hydroxylation is 1. The minimum absolute atomic E-state index is 0.0402. The second kappa shape index (κ2) is 11.9. The van der Waals surface area contributed by atoms with Gasteiger partial charge in [-0.1, -0.05) is 6.08 Å². The highest BCUT2D eigenvalue weighted by atomic mass is 32.1. The molecule has 1 saturated heterocycles. The van der Waals surface area contributed by atoms with E-state index in [9.17, 15) is 14.4 Å². The maximum absolute atomic E-state index is 13.5. The van der Waals surface area contributed by atoms with Gasteiger partial charge in [0.1, 0.15) is 15.5 Å². The predicted molar refractivity (Wildman–Crippen MR) is 162 cm³/mol. The standard InChI is InChI=1S/C30H36N6O4S/c1-18(2)40-21-10-11-22(19(3)16-21)36-23-12-13-31-29-25(23)26(33-30(36)39)27(41-29)28(38)32-20-8-6-15-35(17-20)24(37)9-7-14-34(4)5/h7,9-13,16,18,20H,6,8,14-15,17H2,1-5H3,(H,32,38)(H,33,39)/b9-7+. The number of aromatic nitrogens is 1. The van der Waals surface area contributed by atoms with Crippen molar-refractivity contribution in [1.29, 1.82) is 0 Å². The van der Waals surface area contributed by atoms with Gasteiger partial charge in [-0.05, 0) is 77.5 Å². The highest BCUT2D eigenvalue weighted by molar-refractivity contribution is 7.21. The van der Waals surface area contributed by atoms with Gasteiger partial charge in [0.05, 0.1) is 28.6 Å². The second-order valence-electron chi connectivity index (χ2n) is 11.0. The number of likely N-dealkylation sites (tertiary alicyclic amines) is 1. The summed E-state index contributed by atoms with van der Waals surface area (Å²) < 4.78 is 5.82. The Labute approximate surface area is 244 Å². The third-order valence-electron chi connectivity index (χ3n) is 7.03. The zero-order chi connectivity index (χ0) is 29.3. The van der Waals surface area contributed by atoms with Crippen molar-refractivity contribution >= 4 is 56.5 Å². The molecule has 41 heavy (non-hydrogen) atoms. The Morgan fingerprint density at radius 2 is 2.07 bits per heavy atom. The molecule has 2 aromatic heterocycles. The van der Waals surface area contributed by atoms with Crippen LogP contribution in [0.2, 0.25) is 0 Å². The van der Waals surface area contributed by atoms with E-state index < -0.39 is 0 Å². The molecule has 1 aromatic carbocycles. The Morgan fingerprint density at radius 1 is 1.27 bits per heavy atom. The molecule has 4 amide bonds. The van der Waals surface area contributed by atoms with E-state index in [1.807, 2.05) is 64.0 Å². The number of nitrogens with one attached hydrogen (secondary N) is 2. The van der Waals surface area contributed by atoms with Crippen molar-refractivity contribution in [2.75, 3.05) is 43.9 Å². The van der Waals surface area contributed by atoms with Crippen molar-refractivity contribution in [3.8, 4) is 5.75 Å². The van der Waals surface area contributed by atoms with Crippen molar-refractivity contribution in [3.05, 3.63) is 53.1 Å². The van der Waals surface area contributed by atoms with Gasteiger partial charge in [0.2, 0.25) is 5.91 Å². The fourth-order valence-electron chi connectivity index (χ4n) is 5.22. The average molecular weight is 577 g/mol. The smallest absolute Gasteiger partial charge is 0.331 e. The van der Waals surface area contributed by atoms with Crippen molar-refractivity contribution in [2.24, 2.45) is 0 Å². The number of rotatable bonds is 8. The predicted octanol–water partition coefficient (Wildman–Crippen LogP) is 4.91. The number of anilines is 3. The lowest BCUT2D eigenvalue weighted by molar-refractivity contribution is -0.127. The summed E-state index contributed by atoms with van der Waals surface area (Å²) in [6, 6.07) is 6.90. The van der Waals surface area contributed by atoms with Crippen LogP contribution in [-0.4, -0.2) is 78.5 Å². The van der Waals surface area contributed by atoms with E-state index in [0.717, 1.165) is 35.2 Å². The van der Waals surface area contributed by atoms with Crippen LogP contribution in [0.1, 0.15) is 41.9 Å². The molecule has 2 N–H and O–H groups in total. The molecular formula is C30H36N6O4S. The number of likely N-dealkylation sites (N-methyl/N-ethyl adjacent to an activating group) is 1. The molecule has 1 fully saturated rings. The van der Waals surface area contributed by atoms with E-state index in [1.54, 1.807) is 28.1 Å². The number of hydrogen-bond acceptors (Lipinski definition) is 7. The van der Waals surface area contributed by atoms with E-state index in [0.29, 0.717) is 40.7 Å². The van der Waals surface area contributed by atoms with Gasteiger partial charge in [-0.25, -0.2) is 9.78 Å². The molecule has 0 aliphatic carbocycles. The van der Waals surface area contributed by atoms with Gasteiger partial charge < -0.3 is 25.2 Å². The van der Waals surface area contributed by atoms with Crippen LogP contribution in [0.4, 0.5) is 21.9 Å². The molecule has 2 aliphatic heterocycles. The molecule has 10 nitrogen and oxygen atoms in total. The first kappa shape index (κ1) is 28.6. The number of piperidine rings is 1. The van der Waals surface area contributed by atoms with Gasteiger partial charge in [-0.15, -0.1) is 11.3 Å². The first-order valence-corrected chi connectivity index (χ1v) is 14.6. The number of thiophene rings is 1. The number of nitrogens with zero attached hydrogens (tertiary/aromatic N) is 4. The minimum Gasteiger partial charge on any atom is -0.491 e. The van der Waals surface area contributed by atoms with E-state index in [4.69, 9.17) is 4.74 Å². The second-order valence-corrected chi connectivity index (χ2v) is 12.0. The van der Waals surface area contributed by atoms with Crippen LogP contribution in [0, 0.1) is 6.92 Å². The number of benzene rings is 1. The van der Waals surface area contributed by atoms with Gasteiger partial charge in [-0.2, -0.15) is 0 Å². The summed E-state index contributed by atoms with van der Waals surface area (Å²) in [7, 11) is 3.89. The zero-order valence-electron chi connectivity index (χ0n) is 24.1. The van der Waals surface area contributed by atoms with E-state index in [2.05, 4.69) is 15.6 Å². The summed E-state index contributed by atoms with van der Waals surface area (Å²) in [4.78, 5) is 50.6. The Morgan fingerprint density at radius 3 is 2.80 bits per heavy atom. The number of carbonyl (C=O) groups is 3. The molecule has 2 aliphatic rings. The normalized spacial score (nSPS) is 17.0. The quantitative estimate of drug-likeness (QED) is 0.369. The number of urea groups is 1. The molecule has 5 rings (SSSR count). The van der Waals surface area contributed by atoms with Crippen molar-refractivity contribution < 1.29 is 19.1 Å². The molecule has 1 atom stereocenters. The van der Waals surface area contributed by atoms with Crippen molar-refractivity contribution in [3.63, 3.8) is 0 Å². The average Bonchev–Trinajstić information content (AvgIpc) is 3.29. The summed E-state index contributed by atoms with van der Waals surface area (Å²) >= 11 is 1.25. The molecule has 0 bridgehead atoms. The van der Waals surface area contributed by atoms with Gasteiger partial charge >= 0.3 is 6.03 Å². The van der Waals surface area contributed by atoms with Gasteiger partial charge in [0.25, 0.3) is 5.91 Å². The first-order valence-electron chi connectivity index (χ1n) is 13.8. The fourth-order valence-corrected chi connectivity index (χ4v) is 6.25. The van der Waals surface area contributed by atoms with Crippen LogP contribution in [-0.2, 0) is 4.79 Å². The van der Waals surface area contributed by atoms with E-state index >= 15 is 0 Å². The maximum atomic E-state index is 13.5. The summed E-state index contributed by atoms with van der Waals surface area (Å²) in [5.74, 6) is 0.404. The Bertz CT molecular complexity index is 1510. The third-order valence-corrected chi connectivity index (χ3v) is 8.13. The molecular weight excluding hydrogens is 540 g/mol. The number of hydrogen-bond donors (Lipinski definition) is 2. The molecule has 4 heterocycles. The van der Waals surface area contributed by atoms with Gasteiger partial charge in [-0.3, -0.25) is 14.5 Å². The maximum Gasteiger partial charge on any atom is 0.331 e. The highest BCUT2D eigenvalue weighted by Gasteiger charge is 2.34. The van der Waals surface area contributed by atoms with Crippen LogP contribution in [0.5, 0.6) is 5.75 Å². The van der Waals surface area contributed by atoms with Crippen LogP contribution < -0.4 is 20.3 Å². The van der Waals surface area contributed by atoms with Gasteiger partial charge in [0.15, 0.2) is 0 Å². The van der Waals surface area contributed by atoms with E-state index in [1.165, 1.54) is 11.3 Å². The minimum atomic E-state index is -0.350. The number of ether oxygens (including phenoxy) is 1. The largest absolute Gasteiger partial charge is 0.491 e. The van der Waals surface area contributed by atoms with Crippen LogP contribution >= 0.6 is 11.3 Å². The summed E-state index contributed by atoms with van der Waals surface area (Å²) in [5.41, 5.74) is 2.75. The number of amides is 4. The van der Waals surface area contributed by atoms with Crippen molar-refractivity contribution in [1.82, 2.24) is 20.1 Å². The lowest BCUT2D eigenvalue weighted by atomic mass is 10.0. The lowest BCUT2D eigenvalue weighted by Gasteiger charge is -2.32. The van der Waals surface area contributed by atoms with E-state index in [-0.39, 0.29) is 30.0 Å². The zero-order valence-corrected chi connectivity index (χ0v) is 24.9. The molecule has 3 aromatic rings. The van der Waals surface area contributed by atoms with Crippen LogP contribution in [0.25, 0.3) is 10.2 Å². The molecule has 0 saturated carbocycles. The SMILES string of the molecule is Cc1cc(OC(C)C)ccc1N1C(=O)Nc2c(C(=O)NC3CCCN(C(=O)/C=C/CN(C)C)C3)sc3nccc1c23. The van der Waals surface area contributed by atoms with Gasteiger partial charge in [0, 0.05) is 37.9 Å². The monoisotopic (exact) mass is 576 g/mol. The molecule has 0 radical (unpaired) electrons. The topological polar surface area (TPSA) is 107 Å². The fraction of sp³-hybridized carbons (Fsp3) is 0.400. The number of carbonyl (C=O) groups excluding carboxylic acids is 3. The molecule has 0 spiro atoms.